The number of ketones is 1. The van der Waals surface area contributed by atoms with Crippen molar-refractivity contribution in [3.63, 3.8) is 0 Å². The minimum Gasteiger partial charge on any atom is -0.452 e. The van der Waals surface area contributed by atoms with E-state index in [0.717, 1.165) is 5.56 Å². The molecule has 3 aromatic carbocycles. The van der Waals surface area contributed by atoms with Gasteiger partial charge in [0.25, 0.3) is 0 Å². The monoisotopic (exact) mass is 434 g/mol. The van der Waals surface area contributed by atoms with E-state index in [9.17, 15) is 9.59 Å². The molecule has 0 fully saturated rings. The maximum Gasteiger partial charge on any atom is 0.424 e. The van der Waals surface area contributed by atoms with Gasteiger partial charge in [-0.15, -0.1) is 0 Å². The summed E-state index contributed by atoms with van der Waals surface area (Å²) < 4.78 is 11.4. The summed E-state index contributed by atoms with van der Waals surface area (Å²) in [5.74, 6) is 0.566. The van der Waals surface area contributed by atoms with Crippen molar-refractivity contribution < 1.29 is 19.1 Å². The highest BCUT2D eigenvalue weighted by atomic mass is 16.6. The quantitative estimate of drug-likeness (QED) is 0.367. The Morgan fingerprint density at radius 2 is 1.58 bits per heavy atom. The first-order chi connectivity index (χ1) is 16.2. The number of aromatic nitrogens is 1. The molecule has 1 aliphatic rings. The standard InChI is InChI=1S/C27H18N2O4/c30-26-23-14-13-22(17-24(23)33-25(26)16-19-8-7-15-28-18-19)32-27(31)29(20-9-3-1-4-10-20)21-11-5-2-6-12-21/h1-18H/b25-16-. The van der Waals surface area contributed by atoms with Gasteiger partial charge in [-0.25, -0.2) is 9.69 Å². The number of benzene rings is 3. The fourth-order valence-corrected chi connectivity index (χ4v) is 3.50. The Kier molecular flexibility index (Phi) is 5.39. The van der Waals surface area contributed by atoms with Gasteiger partial charge in [-0.1, -0.05) is 42.5 Å². The van der Waals surface area contributed by atoms with E-state index in [2.05, 4.69) is 4.98 Å². The SMILES string of the molecule is O=C1/C(=C/c2cccnc2)Oc2cc(OC(=O)N(c3ccccc3)c3ccccc3)ccc21. The molecule has 0 unspecified atom stereocenters. The summed E-state index contributed by atoms with van der Waals surface area (Å²) in [5.41, 5.74) is 2.50. The van der Waals surface area contributed by atoms with E-state index in [1.807, 2.05) is 66.7 Å². The molecule has 0 saturated carbocycles. The molecule has 2 heterocycles. The zero-order chi connectivity index (χ0) is 22.6. The van der Waals surface area contributed by atoms with Crippen molar-refractivity contribution in [1.82, 2.24) is 4.98 Å². The number of anilines is 2. The van der Waals surface area contributed by atoms with Gasteiger partial charge in [0.2, 0.25) is 5.78 Å². The van der Waals surface area contributed by atoms with E-state index in [1.54, 1.807) is 42.7 Å². The smallest absolute Gasteiger partial charge is 0.424 e. The van der Waals surface area contributed by atoms with E-state index >= 15 is 0 Å². The number of Topliss-reactive ketones (excluding diaryl/α,β-unsaturated/α-hetero) is 1. The molecule has 6 heteroatoms. The summed E-state index contributed by atoms with van der Waals surface area (Å²) >= 11 is 0. The van der Waals surface area contributed by atoms with E-state index in [0.29, 0.717) is 22.7 Å². The lowest BCUT2D eigenvalue weighted by Crippen LogP contribution is -2.29. The fraction of sp³-hybridized carbons (Fsp3) is 0. The van der Waals surface area contributed by atoms with E-state index in [-0.39, 0.29) is 17.3 Å². The molecule has 5 rings (SSSR count). The van der Waals surface area contributed by atoms with E-state index in [1.165, 1.54) is 4.90 Å². The number of carbonyl (C=O) groups excluding carboxylic acids is 2. The number of allylic oxidation sites excluding steroid dienone is 1. The molecule has 160 valence electrons. The summed E-state index contributed by atoms with van der Waals surface area (Å²) in [5, 5.41) is 0. The van der Waals surface area contributed by atoms with Gasteiger partial charge in [0.15, 0.2) is 5.76 Å². The molecule has 1 aromatic heterocycles. The van der Waals surface area contributed by atoms with Crippen molar-refractivity contribution in [2.75, 3.05) is 4.90 Å². The lowest BCUT2D eigenvalue weighted by molar-refractivity contribution is 0.101. The Morgan fingerprint density at radius 3 is 2.21 bits per heavy atom. The molecule has 0 spiro atoms. The van der Waals surface area contributed by atoms with E-state index < -0.39 is 6.09 Å². The van der Waals surface area contributed by atoms with Crippen molar-refractivity contribution >= 4 is 29.3 Å². The Bertz CT molecular complexity index is 1300. The number of hydrogen-bond donors (Lipinski definition) is 0. The van der Waals surface area contributed by atoms with Gasteiger partial charge in [0.1, 0.15) is 11.5 Å². The summed E-state index contributed by atoms with van der Waals surface area (Å²) in [7, 11) is 0. The zero-order valence-electron chi connectivity index (χ0n) is 17.4. The Labute approximate surface area is 190 Å². The van der Waals surface area contributed by atoms with Crippen molar-refractivity contribution in [2.24, 2.45) is 0 Å². The average molecular weight is 434 g/mol. The predicted octanol–water partition coefficient (Wildman–Crippen LogP) is 6.03. The Balaban J connectivity index is 1.40. The molecular weight excluding hydrogens is 416 g/mol. The van der Waals surface area contributed by atoms with Gasteiger partial charge >= 0.3 is 6.09 Å². The second-order valence-electron chi connectivity index (χ2n) is 7.26. The maximum atomic E-state index is 13.2. The molecular formula is C27H18N2O4. The summed E-state index contributed by atoms with van der Waals surface area (Å²) in [4.78, 5) is 31.4. The lowest BCUT2D eigenvalue weighted by Gasteiger charge is -2.22. The van der Waals surface area contributed by atoms with Gasteiger partial charge in [-0.3, -0.25) is 9.78 Å². The highest BCUT2D eigenvalue weighted by molar-refractivity contribution is 6.14. The topological polar surface area (TPSA) is 68.7 Å². The predicted molar refractivity (Wildman–Crippen MR) is 125 cm³/mol. The van der Waals surface area contributed by atoms with Gasteiger partial charge in [-0.05, 0) is 54.1 Å². The number of rotatable bonds is 4. The maximum absolute atomic E-state index is 13.2. The van der Waals surface area contributed by atoms with Crippen molar-refractivity contribution in [3.05, 3.63) is 120 Å². The lowest BCUT2D eigenvalue weighted by atomic mass is 10.1. The van der Waals surface area contributed by atoms with E-state index in [4.69, 9.17) is 9.47 Å². The van der Waals surface area contributed by atoms with Crippen LogP contribution in [0.4, 0.5) is 16.2 Å². The van der Waals surface area contributed by atoms with Gasteiger partial charge in [0, 0.05) is 18.5 Å². The number of amides is 1. The van der Waals surface area contributed by atoms with Gasteiger partial charge in [-0.2, -0.15) is 0 Å². The number of nitrogens with zero attached hydrogens (tertiary/aromatic N) is 2. The van der Waals surface area contributed by atoms with Crippen LogP contribution in [-0.4, -0.2) is 16.9 Å². The van der Waals surface area contributed by atoms with Crippen LogP contribution in [0.15, 0.2) is 109 Å². The van der Waals surface area contributed by atoms with Crippen LogP contribution in [0.1, 0.15) is 15.9 Å². The molecule has 0 aliphatic carbocycles. The zero-order valence-corrected chi connectivity index (χ0v) is 17.4. The molecule has 0 saturated heterocycles. The third kappa shape index (κ3) is 4.22. The molecule has 4 aromatic rings. The average Bonchev–Trinajstić information content (AvgIpc) is 3.15. The Hall–Kier alpha value is -4.71. The second kappa shape index (κ2) is 8.80. The van der Waals surface area contributed by atoms with Gasteiger partial charge < -0.3 is 9.47 Å². The third-order valence-electron chi connectivity index (χ3n) is 5.04. The minimum atomic E-state index is -0.581. The van der Waals surface area contributed by atoms with Crippen LogP contribution < -0.4 is 14.4 Å². The van der Waals surface area contributed by atoms with Crippen LogP contribution in [0.2, 0.25) is 0 Å². The highest BCUT2D eigenvalue weighted by Crippen LogP contribution is 2.35. The number of para-hydroxylation sites is 2. The minimum absolute atomic E-state index is 0.191. The number of pyridine rings is 1. The number of carbonyl (C=O) groups is 2. The molecule has 0 atom stereocenters. The number of ether oxygens (including phenoxy) is 2. The van der Waals surface area contributed by atoms with Crippen LogP contribution in [0.5, 0.6) is 11.5 Å². The first-order valence-electron chi connectivity index (χ1n) is 10.3. The summed E-state index contributed by atoms with van der Waals surface area (Å²) in [6, 6.07) is 26.8. The Morgan fingerprint density at radius 1 is 0.879 bits per heavy atom. The summed E-state index contributed by atoms with van der Waals surface area (Å²) in [6.45, 7) is 0. The van der Waals surface area contributed by atoms with Crippen molar-refractivity contribution in [3.8, 4) is 11.5 Å². The molecule has 33 heavy (non-hydrogen) atoms. The first kappa shape index (κ1) is 20.2. The first-order valence-corrected chi connectivity index (χ1v) is 10.3. The fourth-order valence-electron chi connectivity index (χ4n) is 3.50. The third-order valence-corrected chi connectivity index (χ3v) is 5.04. The van der Waals surface area contributed by atoms with Crippen molar-refractivity contribution in [1.29, 1.82) is 0 Å². The molecule has 6 nitrogen and oxygen atoms in total. The highest BCUT2D eigenvalue weighted by Gasteiger charge is 2.28. The molecule has 1 aliphatic heterocycles. The van der Waals surface area contributed by atoms with Crippen LogP contribution in [-0.2, 0) is 0 Å². The molecule has 0 bridgehead atoms. The van der Waals surface area contributed by atoms with Crippen LogP contribution in [0, 0.1) is 0 Å². The number of fused-ring (bicyclic) bond motifs is 1. The molecule has 0 N–H and O–H groups in total. The van der Waals surface area contributed by atoms with Crippen LogP contribution in [0.25, 0.3) is 6.08 Å². The van der Waals surface area contributed by atoms with Crippen molar-refractivity contribution in [2.45, 2.75) is 0 Å². The number of hydrogen-bond acceptors (Lipinski definition) is 5. The summed E-state index contributed by atoms with van der Waals surface area (Å²) in [6.07, 6.45) is 4.35. The molecule has 1 amide bonds. The van der Waals surface area contributed by atoms with Crippen LogP contribution >= 0.6 is 0 Å². The van der Waals surface area contributed by atoms with Crippen LogP contribution in [0.3, 0.4) is 0 Å². The molecule has 0 radical (unpaired) electrons. The largest absolute Gasteiger partial charge is 0.452 e. The normalized spacial score (nSPS) is 13.3. The second-order valence-corrected chi connectivity index (χ2v) is 7.26. The van der Waals surface area contributed by atoms with Gasteiger partial charge in [0.05, 0.1) is 16.9 Å².